The molecule has 2 heterocycles. The van der Waals surface area contributed by atoms with Gasteiger partial charge in [-0.25, -0.2) is 9.48 Å². The minimum absolute atomic E-state index is 0.256. The molecule has 0 saturated heterocycles. The Labute approximate surface area is 189 Å². The van der Waals surface area contributed by atoms with Crippen molar-refractivity contribution in [2.45, 2.75) is 6.10 Å². The predicted octanol–water partition coefficient (Wildman–Crippen LogP) is 5.05. The quantitative estimate of drug-likeness (QED) is 0.404. The molecule has 0 saturated carbocycles. The van der Waals surface area contributed by atoms with Crippen molar-refractivity contribution >= 4 is 17.3 Å². The van der Waals surface area contributed by atoms with E-state index in [1.165, 1.54) is 11.3 Å². The van der Waals surface area contributed by atoms with E-state index < -0.39 is 12.1 Å². The average Bonchev–Trinajstić information content (AvgIpc) is 3.48. The third kappa shape index (κ3) is 4.23. The number of nitrogens with zero attached hydrogens (tertiary/aromatic N) is 2. The topological polar surface area (TPSA) is 82.8 Å². The van der Waals surface area contributed by atoms with Gasteiger partial charge in [-0.15, -0.1) is 11.3 Å². The first-order chi connectivity index (χ1) is 15.5. The van der Waals surface area contributed by atoms with Gasteiger partial charge < -0.3 is 19.3 Å². The van der Waals surface area contributed by atoms with Gasteiger partial charge in [-0.05, 0) is 66.7 Å². The lowest BCUT2D eigenvalue weighted by Gasteiger charge is -2.11. The fourth-order valence-corrected chi connectivity index (χ4v) is 4.34. The summed E-state index contributed by atoms with van der Waals surface area (Å²) in [5.41, 5.74) is 3.35. The largest absolute Gasteiger partial charge is 0.497 e. The Hall–Kier alpha value is -3.62. The van der Waals surface area contributed by atoms with E-state index in [-0.39, 0.29) is 4.88 Å². The van der Waals surface area contributed by atoms with Crippen LogP contribution in [-0.4, -0.2) is 42.2 Å². The molecule has 0 radical (unpaired) electrons. The molecule has 8 heteroatoms. The highest BCUT2D eigenvalue weighted by Gasteiger charge is 2.23. The van der Waals surface area contributed by atoms with E-state index in [2.05, 4.69) is 0 Å². The van der Waals surface area contributed by atoms with E-state index in [1.807, 2.05) is 59.3 Å². The van der Waals surface area contributed by atoms with E-state index in [1.54, 1.807) is 33.5 Å². The second-order valence-electron chi connectivity index (χ2n) is 6.92. The lowest BCUT2D eigenvalue weighted by atomic mass is 10.1. The maximum atomic E-state index is 11.3. The van der Waals surface area contributed by atoms with Gasteiger partial charge in [0.1, 0.15) is 22.5 Å². The maximum absolute atomic E-state index is 11.3. The molecule has 1 unspecified atom stereocenters. The summed E-state index contributed by atoms with van der Waals surface area (Å²) in [6.45, 7) is 0. The van der Waals surface area contributed by atoms with Crippen LogP contribution in [0.15, 0.2) is 66.7 Å². The van der Waals surface area contributed by atoms with Crippen LogP contribution in [0.25, 0.3) is 16.9 Å². The van der Waals surface area contributed by atoms with Gasteiger partial charge in [0.25, 0.3) is 0 Å². The van der Waals surface area contributed by atoms with E-state index in [4.69, 9.17) is 19.3 Å². The molecule has 0 aliphatic heterocycles. The van der Waals surface area contributed by atoms with Crippen LogP contribution in [0.1, 0.15) is 26.3 Å². The fourth-order valence-electron chi connectivity index (χ4n) is 3.41. The van der Waals surface area contributed by atoms with E-state index in [9.17, 15) is 9.90 Å². The van der Waals surface area contributed by atoms with Crippen LogP contribution in [0.3, 0.4) is 0 Å². The van der Waals surface area contributed by atoms with Crippen molar-refractivity contribution in [1.82, 2.24) is 9.78 Å². The highest BCUT2D eigenvalue weighted by Crippen LogP contribution is 2.34. The Balaban J connectivity index is 1.82. The zero-order valence-electron chi connectivity index (χ0n) is 17.8. The normalized spacial score (nSPS) is 11.8. The summed E-state index contributed by atoms with van der Waals surface area (Å²) < 4.78 is 18.1. The van der Waals surface area contributed by atoms with Crippen molar-refractivity contribution in [1.29, 1.82) is 0 Å². The number of aromatic nitrogens is 2. The monoisotopic (exact) mass is 450 g/mol. The summed E-state index contributed by atoms with van der Waals surface area (Å²) in [7, 11) is 4.84. The minimum Gasteiger partial charge on any atom is -0.497 e. The van der Waals surface area contributed by atoms with Crippen LogP contribution in [0, 0.1) is 0 Å². The lowest BCUT2D eigenvalue weighted by Crippen LogP contribution is -2.04. The zero-order valence-corrected chi connectivity index (χ0v) is 18.6. The summed E-state index contributed by atoms with van der Waals surface area (Å²) in [5, 5.41) is 14.1. The molecule has 32 heavy (non-hydrogen) atoms. The highest BCUT2D eigenvalue weighted by atomic mass is 32.1. The average molecular weight is 451 g/mol. The Morgan fingerprint density at radius 2 is 1.56 bits per heavy atom. The van der Waals surface area contributed by atoms with E-state index in [0.29, 0.717) is 5.69 Å². The highest BCUT2D eigenvalue weighted by molar-refractivity contribution is 7.14. The number of carboxylic acid groups (broad SMARTS) is 1. The summed E-state index contributed by atoms with van der Waals surface area (Å²) in [6.07, 6.45) is -0.496. The van der Waals surface area contributed by atoms with Crippen molar-refractivity contribution in [3.63, 3.8) is 0 Å². The molecule has 164 valence electrons. The van der Waals surface area contributed by atoms with Crippen molar-refractivity contribution in [2.24, 2.45) is 0 Å². The fraction of sp³-hybridized carbons (Fsp3) is 0.167. The second-order valence-corrected chi connectivity index (χ2v) is 8.03. The molecule has 1 atom stereocenters. The van der Waals surface area contributed by atoms with Crippen LogP contribution in [-0.2, 0) is 4.74 Å². The van der Waals surface area contributed by atoms with Crippen LogP contribution < -0.4 is 9.47 Å². The number of ether oxygens (including phenoxy) is 3. The number of methoxy groups -OCH3 is 3. The number of hydrogen-bond donors (Lipinski definition) is 1. The number of thiophene rings is 1. The summed E-state index contributed by atoms with van der Waals surface area (Å²) in [4.78, 5) is 12.3. The van der Waals surface area contributed by atoms with Crippen molar-refractivity contribution in [2.75, 3.05) is 21.3 Å². The molecule has 0 spiro atoms. The molecular formula is C24H22N2O5S. The van der Waals surface area contributed by atoms with Crippen molar-refractivity contribution in [3.8, 4) is 28.4 Å². The number of carbonyl (C=O) groups is 1. The molecule has 0 bridgehead atoms. The first-order valence-corrected chi connectivity index (χ1v) is 10.6. The summed E-state index contributed by atoms with van der Waals surface area (Å²) >= 11 is 1.18. The number of hydrogen-bond acceptors (Lipinski definition) is 6. The molecule has 2 aromatic heterocycles. The van der Waals surface area contributed by atoms with Gasteiger partial charge in [0.2, 0.25) is 0 Å². The number of aromatic carboxylic acids is 1. The number of carboxylic acids is 1. The molecule has 1 N–H and O–H groups in total. The standard InChI is InChI=1S/C24H22N2O5S/c1-29-17-8-4-15(5-9-17)20-14-19(23(31-3)21-12-13-22(32-21)24(27)28)25-26(20)16-6-10-18(30-2)11-7-16/h4-14,23H,1-3H3,(H,27,28). The van der Waals surface area contributed by atoms with Gasteiger partial charge in [0.15, 0.2) is 0 Å². The molecule has 0 aliphatic carbocycles. The lowest BCUT2D eigenvalue weighted by molar-refractivity contribution is 0.0702. The van der Waals surface area contributed by atoms with E-state index in [0.717, 1.165) is 33.3 Å². The second kappa shape index (κ2) is 9.25. The third-order valence-corrected chi connectivity index (χ3v) is 6.15. The van der Waals surface area contributed by atoms with Crippen molar-refractivity contribution < 1.29 is 24.1 Å². The first-order valence-electron chi connectivity index (χ1n) is 9.78. The van der Waals surface area contributed by atoms with Gasteiger partial charge in [0, 0.05) is 17.6 Å². The summed E-state index contributed by atoms with van der Waals surface area (Å²) in [6, 6.07) is 20.6. The smallest absolute Gasteiger partial charge is 0.345 e. The van der Waals surface area contributed by atoms with Gasteiger partial charge in [-0.1, -0.05) is 0 Å². The number of rotatable bonds is 8. The third-order valence-electron chi connectivity index (χ3n) is 5.03. The van der Waals surface area contributed by atoms with Gasteiger partial charge >= 0.3 is 5.97 Å². The Morgan fingerprint density at radius 3 is 2.09 bits per heavy atom. The van der Waals surface area contributed by atoms with Gasteiger partial charge in [0.05, 0.1) is 31.3 Å². The molecule has 0 fully saturated rings. The summed E-state index contributed by atoms with van der Waals surface area (Å²) in [5.74, 6) is 0.555. The van der Waals surface area contributed by atoms with Gasteiger partial charge in [-0.2, -0.15) is 5.10 Å². The van der Waals surface area contributed by atoms with Crippen LogP contribution in [0.2, 0.25) is 0 Å². The molecule has 7 nitrogen and oxygen atoms in total. The van der Waals surface area contributed by atoms with Gasteiger partial charge in [-0.3, -0.25) is 0 Å². The Bertz CT molecular complexity index is 1150. The molecule has 2 aromatic carbocycles. The number of benzene rings is 2. The molecule has 0 aliphatic rings. The Kier molecular flexibility index (Phi) is 6.25. The Morgan fingerprint density at radius 1 is 0.938 bits per heavy atom. The predicted molar refractivity (Wildman–Crippen MR) is 122 cm³/mol. The maximum Gasteiger partial charge on any atom is 0.345 e. The molecule has 0 amide bonds. The van der Waals surface area contributed by atoms with Crippen LogP contribution in [0.5, 0.6) is 11.5 Å². The van der Waals surface area contributed by atoms with E-state index >= 15 is 0 Å². The van der Waals surface area contributed by atoms with Crippen LogP contribution in [0.4, 0.5) is 0 Å². The SMILES string of the molecule is COc1ccc(-c2cc(C(OC)c3ccc(C(=O)O)s3)nn2-c2ccc(OC)cc2)cc1. The zero-order chi connectivity index (χ0) is 22.7. The van der Waals surface area contributed by atoms with Crippen molar-refractivity contribution in [3.05, 3.63) is 82.2 Å². The first kappa shape index (κ1) is 21.6. The molecular weight excluding hydrogens is 428 g/mol. The van der Waals surface area contributed by atoms with Crippen LogP contribution >= 0.6 is 11.3 Å². The molecule has 4 rings (SSSR count). The minimum atomic E-state index is -0.959. The molecule has 4 aromatic rings.